The van der Waals surface area contributed by atoms with Gasteiger partial charge in [-0.25, -0.2) is 9.18 Å². The number of anilines is 3. The Labute approximate surface area is 204 Å². The molecule has 2 aromatic rings. The van der Waals surface area contributed by atoms with E-state index < -0.39 is 5.82 Å². The fourth-order valence-electron chi connectivity index (χ4n) is 3.80. The van der Waals surface area contributed by atoms with Crippen LogP contribution < -0.4 is 15.5 Å². The van der Waals surface area contributed by atoms with Gasteiger partial charge in [-0.2, -0.15) is 0 Å². The molecule has 0 radical (unpaired) electrons. The van der Waals surface area contributed by atoms with Gasteiger partial charge in [-0.1, -0.05) is 12.1 Å². The third-order valence-electron chi connectivity index (χ3n) is 5.72. The molecule has 1 aliphatic heterocycles. The van der Waals surface area contributed by atoms with E-state index in [0.717, 1.165) is 5.69 Å². The highest BCUT2D eigenvalue weighted by atomic mass is 19.1. The van der Waals surface area contributed by atoms with E-state index in [2.05, 4.69) is 15.5 Å². The predicted molar refractivity (Wildman–Crippen MR) is 133 cm³/mol. The van der Waals surface area contributed by atoms with Crippen molar-refractivity contribution < 1.29 is 23.5 Å². The summed E-state index contributed by atoms with van der Waals surface area (Å²) in [6.07, 6.45) is 0. The minimum absolute atomic E-state index is 0.0570. The van der Waals surface area contributed by atoms with E-state index in [0.29, 0.717) is 31.9 Å². The summed E-state index contributed by atoms with van der Waals surface area (Å²) in [5.41, 5.74) is 1.76. The van der Waals surface area contributed by atoms with Crippen LogP contribution >= 0.6 is 0 Å². The SMILES string of the molecule is COCC(=O)N(CC(=O)Nc1ccc(N2CCN(C(=O)Nc3ccccc3F)CC2)cc1)C(C)C. The number of ether oxygens (including phenoxy) is 1. The summed E-state index contributed by atoms with van der Waals surface area (Å²) < 4.78 is 18.7. The smallest absolute Gasteiger partial charge is 0.322 e. The first-order valence-corrected chi connectivity index (χ1v) is 11.5. The quantitative estimate of drug-likeness (QED) is 0.600. The average Bonchev–Trinajstić information content (AvgIpc) is 2.84. The lowest BCUT2D eigenvalue weighted by atomic mass is 10.2. The summed E-state index contributed by atoms with van der Waals surface area (Å²) >= 11 is 0. The standard InChI is InChI=1S/C25H32FN5O4/c1-18(2)31(24(33)17-35-3)16-23(32)27-19-8-10-20(11-9-19)29-12-14-30(15-13-29)25(34)28-22-7-5-4-6-21(22)26/h4-11,18H,12-17H2,1-3H3,(H,27,32)(H,28,34). The van der Waals surface area contributed by atoms with Crippen molar-refractivity contribution in [1.82, 2.24) is 9.80 Å². The molecule has 0 bridgehead atoms. The molecule has 0 saturated carbocycles. The first-order chi connectivity index (χ1) is 16.8. The van der Waals surface area contributed by atoms with Crippen LogP contribution in [0.15, 0.2) is 48.5 Å². The molecule has 9 nitrogen and oxygen atoms in total. The molecule has 0 aromatic heterocycles. The molecule has 1 heterocycles. The third-order valence-corrected chi connectivity index (χ3v) is 5.72. The Bertz CT molecular complexity index is 1020. The third kappa shape index (κ3) is 7.16. The number of methoxy groups -OCH3 is 1. The fraction of sp³-hybridized carbons (Fsp3) is 0.400. The van der Waals surface area contributed by atoms with Gasteiger partial charge < -0.3 is 30.1 Å². The first kappa shape index (κ1) is 26.0. The Kier molecular flexibility index (Phi) is 9.02. The van der Waals surface area contributed by atoms with Crippen LogP contribution in [-0.2, 0) is 14.3 Å². The van der Waals surface area contributed by atoms with Crippen LogP contribution in [0.4, 0.5) is 26.2 Å². The number of benzene rings is 2. The van der Waals surface area contributed by atoms with Crippen molar-refractivity contribution in [2.75, 3.05) is 62.0 Å². The molecule has 188 valence electrons. The van der Waals surface area contributed by atoms with E-state index >= 15 is 0 Å². The van der Waals surface area contributed by atoms with E-state index in [9.17, 15) is 18.8 Å². The molecule has 10 heteroatoms. The van der Waals surface area contributed by atoms with Gasteiger partial charge >= 0.3 is 6.03 Å². The van der Waals surface area contributed by atoms with Gasteiger partial charge in [0.05, 0.1) is 5.69 Å². The second-order valence-electron chi connectivity index (χ2n) is 8.53. The molecule has 35 heavy (non-hydrogen) atoms. The molecule has 4 amide bonds. The zero-order valence-electron chi connectivity index (χ0n) is 20.3. The highest BCUT2D eigenvalue weighted by molar-refractivity contribution is 5.95. The van der Waals surface area contributed by atoms with Crippen LogP contribution in [0.2, 0.25) is 0 Å². The summed E-state index contributed by atoms with van der Waals surface area (Å²) in [5, 5.41) is 5.44. The van der Waals surface area contributed by atoms with Crippen LogP contribution in [0.25, 0.3) is 0 Å². The summed E-state index contributed by atoms with van der Waals surface area (Å²) in [5.74, 6) is -0.995. The molecule has 1 fully saturated rings. The number of piperazine rings is 1. The van der Waals surface area contributed by atoms with Gasteiger partial charge in [0.15, 0.2) is 0 Å². The number of hydrogen-bond donors (Lipinski definition) is 2. The number of carbonyl (C=O) groups excluding carboxylic acids is 3. The molecular weight excluding hydrogens is 453 g/mol. The minimum atomic E-state index is -0.467. The molecule has 0 aliphatic carbocycles. The van der Waals surface area contributed by atoms with Crippen LogP contribution in [0, 0.1) is 5.82 Å². The van der Waals surface area contributed by atoms with Gasteiger partial charge in [0.25, 0.3) is 0 Å². The monoisotopic (exact) mass is 485 g/mol. The molecule has 0 spiro atoms. The fourth-order valence-corrected chi connectivity index (χ4v) is 3.80. The number of nitrogens with one attached hydrogen (secondary N) is 2. The largest absolute Gasteiger partial charge is 0.375 e. The van der Waals surface area contributed by atoms with Gasteiger partial charge in [0.1, 0.15) is 19.0 Å². The summed E-state index contributed by atoms with van der Waals surface area (Å²) in [6.45, 7) is 5.82. The number of para-hydroxylation sites is 1. The number of amides is 4. The molecule has 2 aromatic carbocycles. The second-order valence-corrected chi connectivity index (χ2v) is 8.53. The Balaban J connectivity index is 1.49. The topological polar surface area (TPSA) is 94.2 Å². The van der Waals surface area contributed by atoms with Gasteiger partial charge in [-0.3, -0.25) is 9.59 Å². The molecule has 0 atom stereocenters. The van der Waals surface area contributed by atoms with Crippen LogP contribution in [0.5, 0.6) is 0 Å². The highest BCUT2D eigenvalue weighted by Crippen LogP contribution is 2.20. The lowest BCUT2D eigenvalue weighted by Crippen LogP contribution is -2.50. The maximum atomic E-state index is 13.8. The zero-order chi connectivity index (χ0) is 25.4. The zero-order valence-corrected chi connectivity index (χ0v) is 20.3. The lowest BCUT2D eigenvalue weighted by molar-refractivity contribution is -0.139. The minimum Gasteiger partial charge on any atom is -0.375 e. The van der Waals surface area contributed by atoms with Crippen molar-refractivity contribution in [2.45, 2.75) is 19.9 Å². The summed E-state index contributed by atoms with van der Waals surface area (Å²) in [4.78, 5) is 42.3. The summed E-state index contributed by atoms with van der Waals surface area (Å²) in [7, 11) is 1.44. The van der Waals surface area contributed by atoms with Crippen molar-refractivity contribution >= 4 is 34.9 Å². The van der Waals surface area contributed by atoms with Crippen LogP contribution in [0.1, 0.15) is 13.8 Å². The maximum Gasteiger partial charge on any atom is 0.322 e. The highest BCUT2D eigenvalue weighted by Gasteiger charge is 2.23. The van der Waals surface area contributed by atoms with Gasteiger partial charge in [0, 0.05) is 50.7 Å². The Morgan fingerprint density at radius 2 is 1.66 bits per heavy atom. The number of halogens is 1. The number of nitrogens with zero attached hydrogens (tertiary/aromatic N) is 3. The van der Waals surface area contributed by atoms with Crippen LogP contribution in [-0.4, -0.2) is 80.1 Å². The Hall–Kier alpha value is -3.66. The van der Waals surface area contributed by atoms with Crippen LogP contribution in [0.3, 0.4) is 0 Å². The number of urea groups is 1. The van der Waals surface area contributed by atoms with E-state index in [1.54, 1.807) is 29.2 Å². The van der Waals surface area contributed by atoms with Crippen molar-refractivity contribution in [3.63, 3.8) is 0 Å². The second kappa shape index (κ2) is 12.2. The van der Waals surface area contributed by atoms with E-state index in [-0.39, 0.29) is 42.7 Å². The van der Waals surface area contributed by atoms with Gasteiger partial charge in [-0.05, 0) is 50.2 Å². The Morgan fingerprint density at radius 3 is 2.26 bits per heavy atom. The lowest BCUT2D eigenvalue weighted by Gasteiger charge is -2.36. The van der Waals surface area contributed by atoms with Crippen molar-refractivity contribution in [3.05, 3.63) is 54.3 Å². The summed E-state index contributed by atoms with van der Waals surface area (Å²) in [6, 6.07) is 13.0. The van der Waals surface area contributed by atoms with E-state index in [1.807, 2.05) is 26.0 Å². The maximum absolute atomic E-state index is 13.8. The van der Waals surface area contributed by atoms with E-state index in [4.69, 9.17) is 4.74 Å². The normalized spacial score (nSPS) is 13.5. The Morgan fingerprint density at radius 1 is 1.00 bits per heavy atom. The van der Waals surface area contributed by atoms with Gasteiger partial charge in [-0.15, -0.1) is 0 Å². The molecule has 1 saturated heterocycles. The van der Waals surface area contributed by atoms with Gasteiger partial charge in [0.2, 0.25) is 11.8 Å². The number of carbonyl (C=O) groups is 3. The predicted octanol–water partition coefficient (Wildman–Crippen LogP) is 3.00. The molecule has 0 unspecified atom stereocenters. The van der Waals surface area contributed by atoms with E-state index in [1.165, 1.54) is 24.1 Å². The molecular formula is C25H32FN5O4. The number of rotatable bonds is 8. The molecule has 1 aliphatic rings. The van der Waals surface area contributed by atoms with Crippen molar-refractivity contribution in [1.29, 1.82) is 0 Å². The molecule has 3 rings (SSSR count). The van der Waals surface area contributed by atoms with Crippen molar-refractivity contribution in [2.24, 2.45) is 0 Å². The average molecular weight is 486 g/mol. The van der Waals surface area contributed by atoms with Crippen molar-refractivity contribution in [3.8, 4) is 0 Å². The number of hydrogen-bond acceptors (Lipinski definition) is 5. The molecule has 2 N–H and O–H groups in total. The first-order valence-electron chi connectivity index (χ1n) is 11.5.